The first-order valence-corrected chi connectivity index (χ1v) is 13.0. The van der Waals surface area contributed by atoms with Gasteiger partial charge in [-0.2, -0.15) is 0 Å². The zero-order chi connectivity index (χ0) is 25.8. The van der Waals surface area contributed by atoms with Gasteiger partial charge < -0.3 is 20.2 Å². The van der Waals surface area contributed by atoms with Crippen molar-refractivity contribution in [3.8, 4) is 0 Å². The van der Waals surface area contributed by atoms with Crippen LogP contribution in [0.4, 0.5) is 15.3 Å². The molecule has 35 heavy (non-hydrogen) atoms. The van der Waals surface area contributed by atoms with Crippen molar-refractivity contribution in [1.82, 2.24) is 15.3 Å². The maximum Gasteiger partial charge on any atom is 0.443 e. The first-order chi connectivity index (χ1) is 16.6. The number of carbonyl (C=O) groups excluding carboxylic acids is 3. The van der Waals surface area contributed by atoms with Gasteiger partial charge in [-0.25, -0.2) is 9.59 Å². The number of ether oxygens (including phenoxy) is 1. The van der Waals surface area contributed by atoms with E-state index in [1.807, 2.05) is 18.2 Å². The lowest BCUT2D eigenvalue weighted by Crippen LogP contribution is -2.42. The van der Waals surface area contributed by atoms with Crippen LogP contribution in [0.15, 0.2) is 30.3 Å². The Morgan fingerprint density at radius 3 is 2.60 bits per heavy atom. The van der Waals surface area contributed by atoms with E-state index >= 15 is 0 Å². The van der Waals surface area contributed by atoms with Crippen LogP contribution in [0.1, 0.15) is 52.5 Å². The molecule has 0 spiro atoms. The molecule has 1 aliphatic heterocycles. The van der Waals surface area contributed by atoms with Crippen LogP contribution in [0, 0.1) is 0 Å². The van der Waals surface area contributed by atoms with Crippen molar-refractivity contribution in [1.29, 1.82) is 0 Å². The molecule has 0 unspecified atom stereocenters. The molecule has 1 heterocycles. The van der Waals surface area contributed by atoms with Crippen molar-refractivity contribution in [2.45, 2.75) is 52.6 Å². The molecule has 9 nitrogen and oxygen atoms in total. The fourth-order valence-corrected chi connectivity index (χ4v) is 3.74. The molecule has 2 N–H and O–H groups in total. The third kappa shape index (κ3) is 11.1. The highest BCUT2D eigenvalue weighted by atomic mass is 79.9. The Bertz CT molecular complexity index is 900. The normalized spacial score (nSPS) is 14.0. The Kier molecular flexibility index (Phi) is 11.5. The summed E-state index contributed by atoms with van der Waals surface area (Å²) in [5, 5.41) is 7.16. The molecular formula is C25H37BrN4O5. The van der Waals surface area contributed by atoms with Crippen molar-refractivity contribution in [2.24, 2.45) is 0 Å². The minimum absolute atomic E-state index is 0.0834. The van der Waals surface area contributed by atoms with Crippen LogP contribution < -0.4 is 10.6 Å². The number of alkyl halides is 1. The molecule has 194 valence electrons. The molecule has 0 fully saturated rings. The Labute approximate surface area is 216 Å². The van der Waals surface area contributed by atoms with Crippen LogP contribution in [0.3, 0.4) is 0 Å². The third-order valence-electron chi connectivity index (χ3n) is 5.05. The number of benzene rings is 1. The molecule has 0 saturated heterocycles. The summed E-state index contributed by atoms with van der Waals surface area (Å²) in [6, 6.07) is 7.88. The molecule has 1 aliphatic rings. The zero-order valence-corrected chi connectivity index (χ0v) is 22.7. The minimum atomic E-state index is -0.688. The summed E-state index contributed by atoms with van der Waals surface area (Å²) < 4.78 is 5.30. The van der Waals surface area contributed by atoms with Crippen LogP contribution in [-0.4, -0.2) is 71.7 Å². The summed E-state index contributed by atoms with van der Waals surface area (Å²) >= 11 is 3.31. The maximum atomic E-state index is 12.3. The molecule has 3 amide bonds. The van der Waals surface area contributed by atoms with Crippen molar-refractivity contribution in [3.63, 3.8) is 0 Å². The van der Waals surface area contributed by atoms with Crippen LogP contribution in [0.5, 0.6) is 0 Å². The molecule has 0 atom stereocenters. The monoisotopic (exact) mass is 552 g/mol. The van der Waals surface area contributed by atoms with E-state index in [0.717, 1.165) is 48.8 Å². The molecule has 0 aromatic heterocycles. The zero-order valence-electron chi connectivity index (χ0n) is 21.1. The summed E-state index contributed by atoms with van der Waals surface area (Å²) in [4.78, 5) is 43.3. The lowest BCUT2D eigenvalue weighted by Gasteiger charge is -2.27. The Balaban J connectivity index is 1.74. The highest BCUT2D eigenvalue weighted by Gasteiger charge is 2.25. The van der Waals surface area contributed by atoms with E-state index in [0.29, 0.717) is 18.3 Å². The standard InChI is InChI=1S/C25H37BrN4O5/c1-19(31)28-22-9-5-8-21(18-22)20-10-16-29(17-11-20)14-7-13-27-23(32)35-30(15-6-12-26)24(33)34-25(2,3)4/h5,8-10,18H,6-7,11-17H2,1-4H3,(H,27,32)(H,28,31). The number of hydroxylamine groups is 2. The summed E-state index contributed by atoms with van der Waals surface area (Å²) in [5.74, 6) is -0.0834. The van der Waals surface area contributed by atoms with Gasteiger partial charge in [-0.15, -0.1) is 5.06 Å². The van der Waals surface area contributed by atoms with Crippen LogP contribution in [0.25, 0.3) is 5.57 Å². The first kappa shape index (κ1) is 28.6. The van der Waals surface area contributed by atoms with E-state index < -0.39 is 17.8 Å². The van der Waals surface area contributed by atoms with Crippen molar-refractivity contribution < 1.29 is 24.0 Å². The highest BCUT2D eigenvalue weighted by Crippen LogP contribution is 2.24. The highest BCUT2D eigenvalue weighted by molar-refractivity contribution is 9.09. The van der Waals surface area contributed by atoms with Gasteiger partial charge in [-0.1, -0.05) is 34.1 Å². The fourth-order valence-electron chi connectivity index (χ4n) is 3.49. The van der Waals surface area contributed by atoms with E-state index in [9.17, 15) is 14.4 Å². The van der Waals surface area contributed by atoms with Gasteiger partial charge in [0.15, 0.2) is 0 Å². The molecule has 10 heteroatoms. The first-order valence-electron chi connectivity index (χ1n) is 11.9. The average molecular weight is 553 g/mol. The smallest absolute Gasteiger partial charge is 0.442 e. The Hall–Kier alpha value is -2.59. The van der Waals surface area contributed by atoms with Gasteiger partial charge in [0.25, 0.3) is 0 Å². The minimum Gasteiger partial charge on any atom is -0.442 e. The van der Waals surface area contributed by atoms with Gasteiger partial charge in [0.2, 0.25) is 5.91 Å². The topological polar surface area (TPSA) is 100 Å². The number of rotatable bonds is 9. The summed E-state index contributed by atoms with van der Waals surface area (Å²) in [6.07, 6.45) is 3.13. The fraction of sp³-hybridized carbons (Fsp3) is 0.560. The van der Waals surface area contributed by atoms with E-state index in [-0.39, 0.29) is 12.5 Å². The summed E-state index contributed by atoms with van der Waals surface area (Å²) in [5.41, 5.74) is 2.50. The second-order valence-corrected chi connectivity index (χ2v) is 10.1. The number of hydrogen-bond acceptors (Lipinski definition) is 6. The largest absolute Gasteiger partial charge is 0.443 e. The van der Waals surface area contributed by atoms with Gasteiger partial charge in [0.1, 0.15) is 5.60 Å². The number of hydrogen-bond donors (Lipinski definition) is 2. The van der Waals surface area contributed by atoms with Crippen molar-refractivity contribution in [3.05, 3.63) is 35.9 Å². The van der Waals surface area contributed by atoms with E-state index in [1.54, 1.807) is 20.8 Å². The average Bonchev–Trinajstić information content (AvgIpc) is 2.78. The number of carbonyl (C=O) groups is 3. The molecule has 1 aromatic carbocycles. The van der Waals surface area contributed by atoms with Gasteiger partial charge in [-0.05, 0) is 63.3 Å². The predicted molar refractivity (Wildman–Crippen MR) is 140 cm³/mol. The predicted octanol–water partition coefficient (Wildman–Crippen LogP) is 4.79. The number of nitrogens with zero attached hydrogens (tertiary/aromatic N) is 2. The SMILES string of the molecule is CC(=O)Nc1cccc(C2=CCN(CCCNC(=O)ON(CCCBr)C(=O)OC(C)(C)C)CC2)c1. The Morgan fingerprint density at radius 2 is 1.97 bits per heavy atom. The van der Waals surface area contributed by atoms with Crippen LogP contribution in [0.2, 0.25) is 0 Å². The summed E-state index contributed by atoms with van der Waals surface area (Å²) in [6.45, 7) is 10.0. The molecule has 0 aliphatic carbocycles. The van der Waals surface area contributed by atoms with Gasteiger partial charge >= 0.3 is 12.2 Å². The molecule has 0 bridgehead atoms. The van der Waals surface area contributed by atoms with Crippen LogP contribution >= 0.6 is 15.9 Å². The third-order valence-corrected chi connectivity index (χ3v) is 5.61. The van der Waals surface area contributed by atoms with Crippen molar-refractivity contribution in [2.75, 3.05) is 43.4 Å². The molecular weight excluding hydrogens is 516 g/mol. The summed E-state index contributed by atoms with van der Waals surface area (Å²) in [7, 11) is 0. The van der Waals surface area contributed by atoms with Gasteiger partial charge in [0, 0.05) is 44.1 Å². The Morgan fingerprint density at radius 1 is 1.20 bits per heavy atom. The van der Waals surface area contributed by atoms with E-state index in [1.165, 1.54) is 12.5 Å². The molecule has 2 rings (SSSR count). The second-order valence-electron chi connectivity index (χ2n) is 9.33. The molecule has 0 radical (unpaired) electrons. The maximum absolute atomic E-state index is 12.3. The number of halogens is 1. The number of amides is 3. The molecule has 1 aromatic rings. The lowest BCUT2D eigenvalue weighted by atomic mass is 9.99. The van der Waals surface area contributed by atoms with Crippen molar-refractivity contribution >= 4 is 45.3 Å². The number of nitrogens with one attached hydrogen (secondary N) is 2. The van der Waals surface area contributed by atoms with Crippen LogP contribution in [-0.2, 0) is 14.4 Å². The number of anilines is 1. The second kappa shape index (κ2) is 14.1. The van der Waals surface area contributed by atoms with E-state index in [4.69, 9.17) is 9.57 Å². The lowest BCUT2D eigenvalue weighted by molar-refractivity contribution is -0.114. The van der Waals surface area contributed by atoms with E-state index in [2.05, 4.69) is 43.6 Å². The molecule has 0 saturated carbocycles. The van der Waals surface area contributed by atoms with Gasteiger partial charge in [-0.3, -0.25) is 9.69 Å². The van der Waals surface area contributed by atoms with Gasteiger partial charge in [0.05, 0.1) is 6.54 Å². The quantitative estimate of drug-likeness (QED) is 0.259.